The van der Waals surface area contributed by atoms with Crippen molar-refractivity contribution in [3.63, 3.8) is 0 Å². The summed E-state index contributed by atoms with van der Waals surface area (Å²) in [4.78, 5) is 1.27. The quantitative estimate of drug-likeness (QED) is 0.151. The summed E-state index contributed by atoms with van der Waals surface area (Å²) in [5.41, 5.74) is 23.3. The van der Waals surface area contributed by atoms with E-state index >= 15 is 0 Å². The van der Waals surface area contributed by atoms with Crippen LogP contribution in [0, 0.1) is 0 Å². The number of para-hydroxylation sites is 1. The molecule has 72 heavy (non-hydrogen) atoms. The zero-order valence-corrected chi connectivity index (χ0v) is 39.7. The Morgan fingerprint density at radius 3 is 1.24 bits per heavy atom. The van der Waals surface area contributed by atoms with Crippen LogP contribution in [0.3, 0.4) is 0 Å². The van der Waals surface area contributed by atoms with Gasteiger partial charge in [-0.1, -0.05) is 194 Å². The van der Waals surface area contributed by atoms with Crippen molar-refractivity contribution in [1.82, 2.24) is 0 Å². The first-order chi connectivity index (χ1) is 35.7. The van der Waals surface area contributed by atoms with Crippen LogP contribution in [-0.4, -0.2) is 0 Å². The van der Waals surface area contributed by atoms with E-state index in [1.165, 1.54) is 143 Å². The molecule has 16 rings (SSSR count). The Bertz CT molecular complexity index is 4410. The summed E-state index contributed by atoms with van der Waals surface area (Å²) >= 11 is 1.82. The molecule has 0 N–H and O–H groups in total. The van der Waals surface area contributed by atoms with Crippen molar-refractivity contribution < 1.29 is 4.42 Å². The zero-order valence-electron chi connectivity index (χ0n) is 38.9. The van der Waals surface area contributed by atoms with Gasteiger partial charge in [0.05, 0.1) is 0 Å². The lowest BCUT2D eigenvalue weighted by atomic mass is 9.81. The molecule has 2 aliphatic rings. The van der Waals surface area contributed by atoms with E-state index in [0.29, 0.717) is 0 Å². The Hall–Kier alpha value is -9.08. The summed E-state index contributed by atoms with van der Waals surface area (Å²) in [5.74, 6) is 0.893. The third kappa shape index (κ3) is 5.64. The van der Waals surface area contributed by atoms with Crippen molar-refractivity contribution in [2.75, 3.05) is 0 Å². The fourth-order valence-electron chi connectivity index (χ4n) is 12.6. The van der Waals surface area contributed by atoms with Gasteiger partial charge in [-0.25, -0.2) is 0 Å². The van der Waals surface area contributed by atoms with Gasteiger partial charge in [0.1, 0.15) is 11.3 Å². The van der Waals surface area contributed by atoms with Crippen LogP contribution in [0.1, 0.15) is 0 Å². The van der Waals surface area contributed by atoms with Crippen LogP contribution in [0.4, 0.5) is 0 Å². The van der Waals surface area contributed by atoms with E-state index in [9.17, 15) is 0 Å². The molecule has 0 radical (unpaired) electrons. The van der Waals surface area contributed by atoms with Gasteiger partial charge >= 0.3 is 0 Å². The Labute approximate surface area is 420 Å². The van der Waals surface area contributed by atoms with Crippen LogP contribution < -0.4 is 0 Å². The maximum absolute atomic E-state index is 6.92. The molecule has 0 unspecified atom stereocenters. The average Bonchev–Trinajstić information content (AvgIpc) is 4.27. The minimum Gasteiger partial charge on any atom is -0.456 e. The molecule has 12 aromatic carbocycles. The minimum atomic E-state index is 0.893. The predicted octanol–water partition coefficient (Wildman–Crippen LogP) is 20.4. The minimum absolute atomic E-state index is 0.893. The van der Waals surface area contributed by atoms with Gasteiger partial charge in [-0.2, -0.15) is 0 Å². The third-order valence-electron chi connectivity index (χ3n) is 15.6. The van der Waals surface area contributed by atoms with Gasteiger partial charge in [-0.15, -0.1) is 11.3 Å². The van der Waals surface area contributed by atoms with Gasteiger partial charge in [-0.05, 0) is 169 Å². The Morgan fingerprint density at radius 1 is 0.264 bits per heavy atom. The highest BCUT2D eigenvalue weighted by Gasteiger charge is 2.38. The molecule has 2 heterocycles. The fourth-order valence-corrected chi connectivity index (χ4v) is 13.4. The van der Waals surface area contributed by atoms with Crippen LogP contribution in [0.5, 0.6) is 0 Å². The second kappa shape index (κ2) is 15.2. The van der Waals surface area contributed by atoms with Crippen molar-refractivity contribution in [3.05, 3.63) is 242 Å². The van der Waals surface area contributed by atoms with E-state index in [-0.39, 0.29) is 0 Å². The average molecular weight is 929 g/mol. The molecule has 0 saturated carbocycles. The Kier molecular flexibility index (Phi) is 8.39. The van der Waals surface area contributed by atoms with Crippen molar-refractivity contribution in [1.29, 1.82) is 0 Å². The largest absolute Gasteiger partial charge is 0.456 e. The molecule has 0 saturated heterocycles. The SMILES string of the molecule is c1ccc(-c2cccc(-c3c4c(c(-c5cccc(-c6ccccc6)c5)c5cc6ccccc6cc35)-c3ccc5c6c(ccc-4c36)-c3c-5c(-c4cccs4)c4ccccc4c3-c3cc4ccccc4o3)c2)cc1. The van der Waals surface area contributed by atoms with Crippen molar-refractivity contribution in [2.45, 2.75) is 0 Å². The lowest BCUT2D eigenvalue weighted by Crippen LogP contribution is -1.95. The van der Waals surface area contributed by atoms with Gasteiger partial charge in [0.15, 0.2) is 0 Å². The smallest absolute Gasteiger partial charge is 0.136 e. The van der Waals surface area contributed by atoms with Gasteiger partial charge in [0.2, 0.25) is 0 Å². The van der Waals surface area contributed by atoms with Crippen LogP contribution in [0.25, 0.3) is 165 Å². The molecule has 2 heteroatoms. The number of rotatable bonds is 6. The number of hydrogen-bond acceptors (Lipinski definition) is 2. The molecule has 0 amide bonds. The van der Waals surface area contributed by atoms with Gasteiger partial charge in [0.25, 0.3) is 0 Å². The van der Waals surface area contributed by atoms with Crippen LogP contribution >= 0.6 is 11.3 Å². The highest BCUT2D eigenvalue weighted by atomic mass is 32.1. The first-order valence-corrected chi connectivity index (χ1v) is 25.7. The van der Waals surface area contributed by atoms with Crippen molar-refractivity contribution >= 4 is 65.4 Å². The second-order valence-electron chi connectivity index (χ2n) is 19.4. The summed E-state index contributed by atoms with van der Waals surface area (Å²) in [7, 11) is 0. The van der Waals surface area contributed by atoms with Crippen molar-refractivity contribution in [3.8, 4) is 111 Å². The summed E-state index contributed by atoms with van der Waals surface area (Å²) in [6.07, 6.45) is 0. The topological polar surface area (TPSA) is 13.1 Å². The van der Waals surface area contributed by atoms with Gasteiger partial charge in [-0.3, -0.25) is 0 Å². The molecule has 14 aromatic rings. The van der Waals surface area contributed by atoms with Gasteiger partial charge in [0, 0.05) is 32.5 Å². The molecule has 332 valence electrons. The summed E-state index contributed by atoms with van der Waals surface area (Å²) in [6, 6.07) is 87.8. The standard InChI is InChI=1S/C70H40OS/c1-3-16-41(17-4-1)43-23-13-25-48(36-43)61-56-38-45-20-7-8-21-46(45)39-57(56)62(49-26-14-24-44(37-49)42-18-5-2-6-19-42)68-53-32-34-55-64-54(33-31-52(63(53)64)67(61)68)69-65(59-40-47-22-9-12-29-58(47)71-59)50-27-10-11-28-51(50)66(70(55)69)60-30-15-35-72-60/h1-40H. The van der Waals surface area contributed by atoms with Crippen LogP contribution in [-0.2, 0) is 0 Å². The molecule has 0 spiro atoms. The zero-order chi connectivity index (χ0) is 47.0. The second-order valence-corrected chi connectivity index (χ2v) is 20.3. The first-order valence-electron chi connectivity index (χ1n) is 24.8. The normalized spacial score (nSPS) is 12.2. The number of benzene rings is 12. The highest BCUT2D eigenvalue weighted by Crippen LogP contribution is 2.65. The van der Waals surface area contributed by atoms with Gasteiger partial charge < -0.3 is 4.42 Å². The van der Waals surface area contributed by atoms with Crippen LogP contribution in [0.2, 0.25) is 0 Å². The number of furan rings is 1. The summed E-state index contributed by atoms with van der Waals surface area (Å²) in [6.45, 7) is 0. The molecule has 2 aliphatic carbocycles. The predicted molar refractivity (Wildman–Crippen MR) is 306 cm³/mol. The van der Waals surface area contributed by atoms with Crippen LogP contribution in [0.15, 0.2) is 246 Å². The molecule has 0 atom stereocenters. The first kappa shape index (κ1) is 39.7. The molecular formula is C70H40OS. The molecule has 0 fully saturated rings. The molecular weight excluding hydrogens is 889 g/mol. The van der Waals surface area contributed by atoms with Crippen molar-refractivity contribution in [2.24, 2.45) is 0 Å². The molecule has 0 bridgehead atoms. The Balaban J connectivity index is 1.07. The van der Waals surface area contributed by atoms with E-state index in [4.69, 9.17) is 4.42 Å². The van der Waals surface area contributed by atoms with E-state index in [0.717, 1.165) is 22.3 Å². The van der Waals surface area contributed by atoms with E-state index in [2.05, 4.69) is 242 Å². The number of thiophene rings is 1. The number of hydrogen-bond donors (Lipinski definition) is 0. The van der Waals surface area contributed by atoms with E-state index in [1.54, 1.807) is 0 Å². The lowest BCUT2D eigenvalue weighted by molar-refractivity contribution is 0.632. The summed E-state index contributed by atoms with van der Waals surface area (Å²) in [5, 5.41) is 13.3. The molecule has 1 nitrogen and oxygen atoms in total. The van der Waals surface area contributed by atoms with E-state index in [1.807, 2.05) is 11.3 Å². The maximum Gasteiger partial charge on any atom is 0.136 e. The summed E-state index contributed by atoms with van der Waals surface area (Å²) < 4.78 is 6.92. The molecule has 0 aliphatic heterocycles. The highest BCUT2D eigenvalue weighted by molar-refractivity contribution is 7.13. The monoisotopic (exact) mass is 928 g/mol. The maximum atomic E-state index is 6.92. The fraction of sp³-hybridized carbons (Fsp3) is 0. The third-order valence-corrected chi connectivity index (χ3v) is 16.5. The van der Waals surface area contributed by atoms with E-state index < -0.39 is 0 Å². The number of fused-ring (bicyclic) bond motifs is 10. The Morgan fingerprint density at radius 2 is 0.708 bits per heavy atom. The lowest BCUT2D eigenvalue weighted by Gasteiger charge is -2.22. The molecule has 2 aromatic heterocycles.